The van der Waals surface area contributed by atoms with E-state index in [2.05, 4.69) is 87.3 Å². The van der Waals surface area contributed by atoms with E-state index in [1.165, 1.54) is 11.1 Å². The van der Waals surface area contributed by atoms with Crippen LogP contribution in [0, 0.1) is 11.3 Å². The second kappa shape index (κ2) is 9.74. The Morgan fingerprint density at radius 1 is 1.00 bits per heavy atom. The van der Waals surface area contributed by atoms with Gasteiger partial charge in [-0.1, -0.05) is 66.7 Å². The second-order valence-electron chi connectivity index (χ2n) is 8.48. The average molecular weight is 447 g/mol. The van der Waals surface area contributed by atoms with E-state index in [1.54, 1.807) is 6.20 Å². The van der Waals surface area contributed by atoms with E-state index >= 15 is 0 Å². The van der Waals surface area contributed by atoms with E-state index in [0.29, 0.717) is 17.2 Å². The van der Waals surface area contributed by atoms with Crippen LogP contribution >= 0.6 is 0 Å². The topological polar surface area (TPSA) is 76.3 Å². The van der Waals surface area contributed by atoms with Gasteiger partial charge in [0.2, 0.25) is 0 Å². The van der Waals surface area contributed by atoms with Crippen LogP contribution in [0.15, 0.2) is 108 Å². The molecule has 0 aliphatic carbocycles. The predicted molar refractivity (Wildman–Crippen MR) is 134 cm³/mol. The lowest BCUT2D eigenvalue weighted by Gasteiger charge is -2.43. The molecule has 0 spiro atoms. The summed E-state index contributed by atoms with van der Waals surface area (Å²) in [5, 5.41) is 16.4. The van der Waals surface area contributed by atoms with E-state index in [-0.39, 0.29) is 12.1 Å². The number of hydrogen-bond donors (Lipinski definition) is 2. The quantitative estimate of drug-likeness (QED) is 0.573. The van der Waals surface area contributed by atoms with Crippen molar-refractivity contribution in [1.29, 1.82) is 5.26 Å². The highest BCUT2D eigenvalue weighted by molar-refractivity contribution is 5.91. The first kappa shape index (κ1) is 21.6. The summed E-state index contributed by atoms with van der Waals surface area (Å²) in [5.41, 5.74) is 5.39. The van der Waals surface area contributed by atoms with Crippen LogP contribution in [-0.4, -0.2) is 35.0 Å². The summed E-state index contributed by atoms with van der Waals surface area (Å²) in [5.74, 6) is 0.657. The first-order valence-corrected chi connectivity index (χ1v) is 11.4. The third-order valence-corrected chi connectivity index (χ3v) is 6.14. The minimum atomic E-state index is 0.165. The lowest BCUT2D eigenvalue weighted by Crippen LogP contribution is -2.53. The molecule has 0 radical (unpaired) electrons. The number of aliphatic imine (C=N–C) groups is 1. The number of nitrogens with zero attached hydrogens (tertiary/aromatic N) is 4. The Morgan fingerprint density at radius 3 is 2.24 bits per heavy atom. The highest BCUT2D eigenvalue weighted by Gasteiger charge is 2.34. The van der Waals surface area contributed by atoms with Crippen LogP contribution in [-0.2, 0) is 0 Å². The van der Waals surface area contributed by atoms with Gasteiger partial charge in [0, 0.05) is 25.5 Å². The van der Waals surface area contributed by atoms with Crippen LogP contribution in [0.2, 0.25) is 0 Å². The molecule has 6 nitrogen and oxygen atoms in total. The molecule has 1 aromatic heterocycles. The zero-order chi connectivity index (χ0) is 23.3. The molecule has 2 aromatic carbocycles. The van der Waals surface area contributed by atoms with E-state index < -0.39 is 0 Å². The Morgan fingerprint density at radius 2 is 1.65 bits per heavy atom. The number of guanidine groups is 1. The maximum absolute atomic E-state index is 9.81. The van der Waals surface area contributed by atoms with Gasteiger partial charge < -0.3 is 10.6 Å². The lowest BCUT2D eigenvalue weighted by atomic mass is 9.93. The number of rotatable bonds is 5. The summed E-state index contributed by atoms with van der Waals surface area (Å²) in [7, 11) is 0. The Balaban J connectivity index is 1.34. The van der Waals surface area contributed by atoms with Crippen molar-refractivity contribution in [1.82, 2.24) is 20.5 Å². The van der Waals surface area contributed by atoms with Gasteiger partial charge in [0.1, 0.15) is 11.6 Å². The monoisotopic (exact) mass is 446 g/mol. The van der Waals surface area contributed by atoms with E-state index in [0.717, 1.165) is 24.4 Å². The van der Waals surface area contributed by atoms with Crippen molar-refractivity contribution in [2.45, 2.75) is 19.0 Å². The predicted octanol–water partition coefficient (Wildman–Crippen LogP) is 4.24. The zero-order valence-electron chi connectivity index (χ0n) is 19.0. The summed E-state index contributed by atoms with van der Waals surface area (Å²) in [4.78, 5) is 11.7. The maximum Gasteiger partial charge on any atom is 0.200 e. The highest BCUT2D eigenvalue weighted by Crippen LogP contribution is 2.33. The molecule has 34 heavy (non-hydrogen) atoms. The Hall–Kier alpha value is -4.21. The minimum Gasteiger partial charge on any atom is -0.332 e. The molecule has 2 N–H and O–H groups in total. The van der Waals surface area contributed by atoms with E-state index in [1.807, 2.05) is 31.3 Å². The van der Waals surface area contributed by atoms with Crippen LogP contribution in [0.1, 0.15) is 29.8 Å². The van der Waals surface area contributed by atoms with Gasteiger partial charge in [-0.05, 0) is 35.8 Å². The standard InChI is InChI=1S/C28H26N6/c1-20-17-31-28(33-26(20)24(16-29)25-14-8-9-15-30-25)32-23-18-34(19-23)27(21-10-4-2-5-11-21)22-12-6-3-7-13-22/h2-15,17,23,27H,18-19H2,1H3,(H2,31,32,33)/b26-24-. The van der Waals surface area contributed by atoms with Crippen molar-refractivity contribution in [3.8, 4) is 6.07 Å². The molecular weight excluding hydrogens is 420 g/mol. The summed E-state index contributed by atoms with van der Waals surface area (Å²) in [6.45, 7) is 3.67. The van der Waals surface area contributed by atoms with Crippen LogP contribution in [0.25, 0.3) is 5.57 Å². The van der Waals surface area contributed by atoms with Crippen molar-refractivity contribution >= 4 is 11.5 Å². The number of pyridine rings is 1. The van der Waals surface area contributed by atoms with Gasteiger partial charge in [0.15, 0.2) is 5.96 Å². The molecule has 6 heteroatoms. The largest absolute Gasteiger partial charge is 0.332 e. The fourth-order valence-electron chi connectivity index (χ4n) is 4.43. The van der Waals surface area contributed by atoms with Gasteiger partial charge in [-0.25, -0.2) is 4.99 Å². The van der Waals surface area contributed by atoms with Crippen LogP contribution in [0.3, 0.4) is 0 Å². The fraction of sp³-hybridized carbons (Fsp3) is 0.179. The summed E-state index contributed by atoms with van der Waals surface area (Å²) in [6.07, 6.45) is 3.58. The maximum atomic E-state index is 9.81. The fourth-order valence-corrected chi connectivity index (χ4v) is 4.43. The van der Waals surface area contributed by atoms with E-state index in [4.69, 9.17) is 4.99 Å². The number of likely N-dealkylation sites (tertiary alicyclic amines) is 1. The third kappa shape index (κ3) is 4.47. The Bertz CT molecular complexity index is 1230. The van der Waals surface area contributed by atoms with Gasteiger partial charge in [0.05, 0.1) is 23.5 Å². The van der Waals surface area contributed by atoms with Gasteiger partial charge in [-0.15, -0.1) is 0 Å². The number of benzene rings is 2. The molecule has 0 bridgehead atoms. The lowest BCUT2D eigenvalue weighted by molar-refractivity contribution is 0.115. The highest BCUT2D eigenvalue weighted by atomic mass is 15.3. The molecule has 0 unspecified atom stereocenters. The van der Waals surface area contributed by atoms with Gasteiger partial charge in [-0.2, -0.15) is 5.26 Å². The molecule has 3 aromatic rings. The Kier molecular flexibility index (Phi) is 6.19. The van der Waals surface area contributed by atoms with Crippen molar-refractivity contribution in [2.75, 3.05) is 13.1 Å². The number of nitrogens with one attached hydrogen (secondary N) is 2. The molecule has 1 saturated heterocycles. The number of aromatic nitrogens is 1. The minimum absolute atomic E-state index is 0.165. The summed E-state index contributed by atoms with van der Waals surface area (Å²) >= 11 is 0. The zero-order valence-corrected chi connectivity index (χ0v) is 19.0. The Labute approximate surface area is 200 Å². The number of nitriles is 1. The van der Waals surface area contributed by atoms with Gasteiger partial charge in [-0.3, -0.25) is 9.88 Å². The molecule has 168 valence electrons. The smallest absolute Gasteiger partial charge is 0.200 e. The SMILES string of the molecule is CC1=CNC(=NC2CN(C(c3ccccc3)c3ccccc3)C2)N/C1=C(/C#N)c1ccccn1. The molecule has 3 heterocycles. The molecular formula is C28H26N6. The van der Waals surface area contributed by atoms with Crippen molar-refractivity contribution in [3.05, 3.63) is 119 Å². The molecule has 2 aliphatic rings. The average Bonchev–Trinajstić information content (AvgIpc) is 2.87. The normalized spacial score (nSPS) is 19.0. The van der Waals surface area contributed by atoms with Crippen molar-refractivity contribution in [2.24, 2.45) is 4.99 Å². The van der Waals surface area contributed by atoms with Gasteiger partial charge >= 0.3 is 0 Å². The molecule has 0 atom stereocenters. The first-order chi connectivity index (χ1) is 16.7. The van der Waals surface area contributed by atoms with E-state index in [9.17, 15) is 5.26 Å². The number of hydrogen-bond acceptors (Lipinski definition) is 4. The number of allylic oxidation sites excluding steroid dienone is 2. The summed E-state index contributed by atoms with van der Waals surface area (Å²) in [6, 6.07) is 29.5. The molecule has 5 rings (SSSR count). The second-order valence-corrected chi connectivity index (χ2v) is 8.48. The summed E-state index contributed by atoms with van der Waals surface area (Å²) < 4.78 is 0. The third-order valence-electron chi connectivity index (χ3n) is 6.14. The molecule has 0 amide bonds. The first-order valence-electron chi connectivity index (χ1n) is 11.4. The van der Waals surface area contributed by atoms with Gasteiger partial charge in [0.25, 0.3) is 0 Å². The van der Waals surface area contributed by atoms with Crippen molar-refractivity contribution < 1.29 is 0 Å². The van der Waals surface area contributed by atoms with Crippen molar-refractivity contribution in [3.63, 3.8) is 0 Å². The van der Waals surface area contributed by atoms with Crippen LogP contribution < -0.4 is 10.6 Å². The molecule has 1 fully saturated rings. The van der Waals surface area contributed by atoms with Crippen LogP contribution in [0.4, 0.5) is 0 Å². The van der Waals surface area contributed by atoms with Crippen LogP contribution in [0.5, 0.6) is 0 Å². The molecule has 2 aliphatic heterocycles. The molecule has 0 saturated carbocycles.